The Kier molecular flexibility index (Phi) is 5.49. The van der Waals surface area contributed by atoms with E-state index in [1.807, 2.05) is 30.3 Å². The molecule has 3 aromatic rings. The minimum absolute atomic E-state index is 0.0856. The summed E-state index contributed by atoms with van der Waals surface area (Å²) < 4.78 is 31.3. The highest BCUT2D eigenvalue weighted by Crippen LogP contribution is 2.27. The Morgan fingerprint density at radius 1 is 0.808 bits per heavy atom. The number of hydrogen-bond acceptors (Lipinski definition) is 4. The SMILES string of the molecule is O=CCc1cc(S(=O)(=O)c2ccccc2)ccc1OCc1ccccc1. The van der Waals surface area contributed by atoms with Gasteiger partial charge in [0.25, 0.3) is 0 Å². The molecule has 0 bridgehead atoms. The van der Waals surface area contributed by atoms with Gasteiger partial charge in [0.1, 0.15) is 18.6 Å². The van der Waals surface area contributed by atoms with Crippen molar-refractivity contribution in [2.75, 3.05) is 0 Å². The van der Waals surface area contributed by atoms with Crippen LogP contribution in [0, 0.1) is 0 Å². The van der Waals surface area contributed by atoms with Gasteiger partial charge in [0.05, 0.1) is 9.79 Å². The third kappa shape index (κ3) is 4.00. The van der Waals surface area contributed by atoms with E-state index in [9.17, 15) is 13.2 Å². The Morgan fingerprint density at radius 3 is 2.12 bits per heavy atom. The maximum atomic E-state index is 12.8. The quantitative estimate of drug-likeness (QED) is 0.596. The summed E-state index contributed by atoms with van der Waals surface area (Å²) in [6.07, 6.45) is 0.825. The molecule has 3 aromatic carbocycles. The first-order valence-electron chi connectivity index (χ1n) is 8.14. The van der Waals surface area contributed by atoms with Crippen LogP contribution in [0.15, 0.2) is 88.7 Å². The molecule has 0 aliphatic heterocycles. The highest BCUT2D eigenvalue weighted by atomic mass is 32.2. The van der Waals surface area contributed by atoms with E-state index in [1.54, 1.807) is 36.4 Å². The number of sulfone groups is 1. The molecule has 0 amide bonds. The predicted octanol–water partition coefficient (Wildman–Crippen LogP) is 3.84. The van der Waals surface area contributed by atoms with Crippen LogP contribution in [-0.2, 0) is 27.7 Å². The first-order valence-corrected chi connectivity index (χ1v) is 9.63. The van der Waals surface area contributed by atoms with Crippen molar-refractivity contribution in [2.45, 2.75) is 22.8 Å². The van der Waals surface area contributed by atoms with Gasteiger partial charge in [-0.05, 0) is 35.9 Å². The van der Waals surface area contributed by atoms with E-state index in [-0.39, 0.29) is 16.2 Å². The number of rotatable bonds is 7. The molecule has 0 aliphatic carbocycles. The summed E-state index contributed by atoms with van der Waals surface area (Å²) in [4.78, 5) is 11.4. The second-order valence-electron chi connectivity index (χ2n) is 5.73. The van der Waals surface area contributed by atoms with Crippen LogP contribution in [0.25, 0.3) is 0 Å². The average Bonchev–Trinajstić information content (AvgIpc) is 2.68. The van der Waals surface area contributed by atoms with Crippen molar-refractivity contribution in [3.63, 3.8) is 0 Å². The van der Waals surface area contributed by atoms with Gasteiger partial charge >= 0.3 is 0 Å². The topological polar surface area (TPSA) is 60.4 Å². The maximum absolute atomic E-state index is 12.8. The Bertz CT molecular complexity index is 981. The molecule has 0 spiro atoms. The average molecular weight is 366 g/mol. The molecule has 3 rings (SSSR count). The van der Waals surface area contributed by atoms with E-state index in [4.69, 9.17) is 4.74 Å². The van der Waals surface area contributed by atoms with Gasteiger partial charge < -0.3 is 9.53 Å². The van der Waals surface area contributed by atoms with Gasteiger partial charge in [0.2, 0.25) is 9.84 Å². The Balaban J connectivity index is 1.90. The number of carbonyl (C=O) groups excluding carboxylic acids is 1. The normalized spacial score (nSPS) is 11.1. The molecule has 0 saturated heterocycles. The summed E-state index contributed by atoms with van der Waals surface area (Å²) in [5, 5.41) is 0. The zero-order chi connectivity index (χ0) is 18.4. The molecule has 5 heteroatoms. The fourth-order valence-corrected chi connectivity index (χ4v) is 3.92. The molecular formula is C21H18O4S. The summed E-state index contributed by atoms with van der Waals surface area (Å²) >= 11 is 0. The summed E-state index contributed by atoms with van der Waals surface area (Å²) in [6.45, 7) is 0.345. The lowest BCUT2D eigenvalue weighted by molar-refractivity contribution is -0.107. The van der Waals surface area contributed by atoms with Crippen molar-refractivity contribution in [1.29, 1.82) is 0 Å². The predicted molar refractivity (Wildman–Crippen MR) is 98.9 cm³/mol. The molecule has 0 aliphatic rings. The van der Waals surface area contributed by atoms with Gasteiger partial charge in [-0.3, -0.25) is 0 Å². The van der Waals surface area contributed by atoms with Crippen LogP contribution < -0.4 is 4.74 Å². The summed E-state index contributed by atoms with van der Waals surface area (Å²) in [5.74, 6) is 0.507. The van der Waals surface area contributed by atoms with Gasteiger partial charge in [0.15, 0.2) is 0 Å². The van der Waals surface area contributed by atoms with E-state index in [0.29, 0.717) is 17.9 Å². The lowest BCUT2D eigenvalue weighted by Gasteiger charge is -2.12. The summed E-state index contributed by atoms with van der Waals surface area (Å²) in [6, 6.07) is 22.5. The van der Waals surface area contributed by atoms with E-state index in [2.05, 4.69) is 0 Å². The highest BCUT2D eigenvalue weighted by molar-refractivity contribution is 7.91. The lowest BCUT2D eigenvalue weighted by atomic mass is 10.1. The van der Waals surface area contributed by atoms with E-state index < -0.39 is 9.84 Å². The van der Waals surface area contributed by atoms with Crippen LogP contribution in [0.4, 0.5) is 0 Å². The van der Waals surface area contributed by atoms with Crippen molar-refractivity contribution in [3.05, 3.63) is 90.0 Å². The van der Waals surface area contributed by atoms with Gasteiger partial charge in [-0.25, -0.2) is 8.42 Å². The minimum atomic E-state index is -3.64. The zero-order valence-electron chi connectivity index (χ0n) is 14.0. The monoisotopic (exact) mass is 366 g/mol. The fourth-order valence-electron chi connectivity index (χ4n) is 2.58. The fraction of sp³-hybridized carbons (Fsp3) is 0.0952. The zero-order valence-corrected chi connectivity index (χ0v) is 14.9. The molecule has 4 nitrogen and oxygen atoms in total. The standard InChI is InChI=1S/C21H18O4S/c22-14-13-18-15-20(26(23,24)19-9-5-2-6-10-19)11-12-21(18)25-16-17-7-3-1-4-8-17/h1-12,14-15H,13,16H2. The lowest BCUT2D eigenvalue weighted by Crippen LogP contribution is -2.05. The van der Waals surface area contributed by atoms with Gasteiger partial charge in [-0.2, -0.15) is 0 Å². The van der Waals surface area contributed by atoms with Crippen LogP contribution in [-0.4, -0.2) is 14.7 Å². The molecule has 0 atom stereocenters. The number of benzene rings is 3. The highest BCUT2D eigenvalue weighted by Gasteiger charge is 2.19. The Labute approximate surface area is 153 Å². The van der Waals surface area contributed by atoms with Crippen LogP contribution in [0.2, 0.25) is 0 Å². The molecule has 0 fully saturated rings. The molecule has 0 heterocycles. The Morgan fingerprint density at radius 2 is 1.46 bits per heavy atom. The summed E-state index contributed by atoms with van der Waals surface area (Å²) in [5.41, 5.74) is 1.54. The molecule has 0 radical (unpaired) electrons. The number of carbonyl (C=O) groups is 1. The molecule has 0 saturated carbocycles. The maximum Gasteiger partial charge on any atom is 0.206 e. The van der Waals surface area contributed by atoms with Gasteiger partial charge in [-0.15, -0.1) is 0 Å². The van der Waals surface area contributed by atoms with E-state index in [0.717, 1.165) is 11.8 Å². The third-order valence-corrected chi connectivity index (χ3v) is 5.70. The molecule has 132 valence electrons. The second kappa shape index (κ2) is 7.97. The number of aldehydes is 1. The molecule has 0 N–H and O–H groups in total. The van der Waals surface area contributed by atoms with Crippen LogP contribution in [0.5, 0.6) is 5.75 Å². The molecule has 26 heavy (non-hydrogen) atoms. The van der Waals surface area contributed by atoms with Gasteiger partial charge in [-0.1, -0.05) is 48.5 Å². The van der Waals surface area contributed by atoms with Crippen LogP contribution in [0.1, 0.15) is 11.1 Å². The smallest absolute Gasteiger partial charge is 0.206 e. The molecular weight excluding hydrogens is 348 g/mol. The van der Waals surface area contributed by atoms with Crippen molar-refractivity contribution in [1.82, 2.24) is 0 Å². The Hall–Kier alpha value is -2.92. The van der Waals surface area contributed by atoms with E-state index >= 15 is 0 Å². The largest absolute Gasteiger partial charge is 0.489 e. The summed E-state index contributed by atoms with van der Waals surface area (Å²) in [7, 11) is -3.64. The number of ether oxygens (including phenoxy) is 1. The number of hydrogen-bond donors (Lipinski definition) is 0. The first kappa shape index (κ1) is 17.9. The second-order valence-corrected chi connectivity index (χ2v) is 7.68. The minimum Gasteiger partial charge on any atom is -0.489 e. The van der Waals surface area contributed by atoms with Crippen molar-refractivity contribution in [3.8, 4) is 5.75 Å². The van der Waals surface area contributed by atoms with Crippen LogP contribution >= 0.6 is 0 Å². The van der Waals surface area contributed by atoms with Crippen molar-refractivity contribution >= 4 is 16.1 Å². The van der Waals surface area contributed by atoms with Crippen LogP contribution in [0.3, 0.4) is 0 Å². The third-order valence-electron chi connectivity index (χ3n) is 3.94. The van der Waals surface area contributed by atoms with Crippen molar-refractivity contribution in [2.24, 2.45) is 0 Å². The van der Waals surface area contributed by atoms with E-state index in [1.165, 1.54) is 12.1 Å². The van der Waals surface area contributed by atoms with Crippen molar-refractivity contribution < 1.29 is 17.9 Å². The molecule has 0 unspecified atom stereocenters. The van der Waals surface area contributed by atoms with Gasteiger partial charge in [0, 0.05) is 12.0 Å². The first-order chi connectivity index (χ1) is 12.6. The molecule has 0 aromatic heterocycles.